The molecule has 0 radical (unpaired) electrons. The highest BCUT2D eigenvalue weighted by atomic mass is 16.7. The number of aliphatic hydroxyl groups is 1. The van der Waals surface area contributed by atoms with Gasteiger partial charge in [-0.2, -0.15) is 0 Å². The monoisotopic (exact) mass is 384 g/mol. The van der Waals surface area contributed by atoms with E-state index >= 15 is 0 Å². The summed E-state index contributed by atoms with van der Waals surface area (Å²) in [5.74, 6) is 1.90. The Hall–Kier alpha value is -2.64. The van der Waals surface area contributed by atoms with Crippen molar-refractivity contribution in [3.05, 3.63) is 47.3 Å². The van der Waals surface area contributed by atoms with Crippen molar-refractivity contribution in [2.75, 3.05) is 27.5 Å². The second kappa shape index (κ2) is 7.77. The molecule has 1 N–H and O–H groups in total. The second-order valence-corrected chi connectivity index (χ2v) is 7.18. The number of aliphatic hydroxyl groups excluding tert-OH is 1. The van der Waals surface area contributed by atoms with Gasteiger partial charge in [-0.15, -0.1) is 0 Å². The average Bonchev–Trinajstić information content (AvgIpc) is 3.17. The molecule has 0 aliphatic carbocycles. The van der Waals surface area contributed by atoms with Crippen molar-refractivity contribution in [2.45, 2.75) is 31.4 Å². The smallest absolute Gasteiger partial charge is 0.231 e. The van der Waals surface area contributed by atoms with Crippen molar-refractivity contribution in [3.63, 3.8) is 0 Å². The van der Waals surface area contributed by atoms with Crippen LogP contribution in [0.15, 0.2) is 30.5 Å². The zero-order chi connectivity index (χ0) is 19.7. The molecule has 0 bridgehead atoms. The first-order chi connectivity index (χ1) is 13.6. The minimum Gasteiger partial charge on any atom is -0.492 e. The van der Waals surface area contributed by atoms with Crippen LogP contribution in [0, 0.1) is 0 Å². The lowest BCUT2D eigenvalue weighted by molar-refractivity contribution is -0.122. The van der Waals surface area contributed by atoms with Gasteiger partial charge in [0.15, 0.2) is 11.5 Å². The Balaban J connectivity index is 1.58. The summed E-state index contributed by atoms with van der Waals surface area (Å²) >= 11 is 0. The topological polar surface area (TPSA) is 81.1 Å². The van der Waals surface area contributed by atoms with Crippen LogP contribution in [0.2, 0.25) is 0 Å². The molecule has 0 fully saturated rings. The summed E-state index contributed by atoms with van der Waals surface area (Å²) in [6.45, 7) is 1.00. The standard InChI is InChI=1S/C21H24N2O5/c1-23-8-6-13-9-18-20(28-12-27-18)21(26-2)19(13)16(23)10-14(24)11-17(25)15-5-3-4-7-22-15/h3-5,7,9,16-17,25H,6,8,10-12H2,1-2H3/t16-,17+/m0/s1. The first-order valence-electron chi connectivity index (χ1n) is 9.38. The fourth-order valence-corrected chi connectivity index (χ4v) is 3.98. The van der Waals surface area contributed by atoms with Gasteiger partial charge in [-0.3, -0.25) is 14.7 Å². The van der Waals surface area contributed by atoms with E-state index in [0.717, 1.165) is 24.1 Å². The highest BCUT2D eigenvalue weighted by Gasteiger charge is 2.35. The molecule has 0 spiro atoms. The van der Waals surface area contributed by atoms with Crippen molar-refractivity contribution in [2.24, 2.45) is 0 Å². The molecular formula is C21H24N2O5. The van der Waals surface area contributed by atoms with Crippen LogP contribution in [0.3, 0.4) is 0 Å². The van der Waals surface area contributed by atoms with Gasteiger partial charge in [0.1, 0.15) is 11.9 Å². The molecule has 1 aromatic heterocycles. The third-order valence-corrected chi connectivity index (χ3v) is 5.42. The first kappa shape index (κ1) is 18.7. The van der Waals surface area contributed by atoms with E-state index in [1.54, 1.807) is 31.5 Å². The van der Waals surface area contributed by atoms with Crippen LogP contribution in [0.25, 0.3) is 0 Å². The number of Topliss-reactive ketones (excluding diaryl/α,β-unsaturated/α-hetero) is 1. The molecule has 0 amide bonds. The summed E-state index contributed by atoms with van der Waals surface area (Å²) < 4.78 is 16.8. The predicted molar refractivity (Wildman–Crippen MR) is 102 cm³/mol. The third-order valence-electron chi connectivity index (χ3n) is 5.42. The zero-order valence-corrected chi connectivity index (χ0v) is 16.1. The predicted octanol–water partition coefficient (Wildman–Crippen LogP) is 2.43. The summed E-state index contributed by atoms with van der Waals surface area (Å²) in [4.78, 5) is 19.1. The fraction of sp³-hybridized carbons (Fsp3) is 0.429. The number of nitrogens with zero attached hydrogens (tertiary/aromatic N) is 2. The van der Waals surface area contributed by atoms with Gasteiger partial charge >= 0.3 is 0 Å². The van der Waals surface area contributed by atoms with Crippen LogP contribution in [0.1, 0.15) is 41.8 Å². The van der Waals surface area contributed by atoms with E-state index in [1.807, 2.05) is 13.1 Å². The minimum atomic E-state index is -0.902. The van der Waals surface area contributed by atoms with Gasteiger partial charge in [0.2, 0.25) is 12.5 Å². The highest BCUT2D eigenvalue weighted by Crippen LogP contribution is 2.50. The van der Waals surface area contributed by atoms with Crippen molar-refractivity contribution < 1.29 is 24.1 Å². The Morgan fingerprint density at radius 3 is 3.04 bits per heavy atom. The van der Waals surface area contributed by atoms with Crippen LogP contribution in [0.5, 0.6) is 17.2 Å². The molecule has 2 aliphatic rings. The number of fused-ring (bicyclic) bond motifs is 2. The van der Waals surface area contributed by atoms with Crippen LogP contribution in [0.4, 0.5) is 0 Å². The number of carbonyl (C=O) groups is 1. The van der Waals surface area contributed by atoms with Gasteiger partial charge in [0.25, 0.3) is 0 Å². The molecule has 0 saturated heterocycles. The number of hydrogen-bond donors (Lipinski definition) is 1. The number of rotatable bonds is 6. The van der Waals surface area contributed by atoms with Crippen molar-refractivity contribution in [1.29, 1.82) is 0 Å². The average molecular weight is 384 g/mol. The molecule has 7 heteroatoms. The normalized spacial score (nSPS) is 19.2. The molecular weight excluding hydrogens is 360 g/mol. The SMILES string of the molecule is COc1c2c(cc3c1[C@H](CC(=O)C[C@@H](O)c1ccccn1)N(C)CC3)OCO2. The van der Waals surface area contributed by atoms with Crippen LogP contribution in [-0.2, 0) is 11.2 Å². The number of methoxy groups -OCH3 is 1. The number of ketones is 1. The van der Waals surface area contributed by atoms with Gasteiger partial charge in [-0.25, -0.2) is 0 Å². The largest absolute Gasteiger partial charge is 0.492 e. The number of ether oxygens (including phenoxy) is 3. The molecule has 4 rings (SSSR count). The number of carbonyl (C=O) groups excluding carboxylic acids is 1. The summed E-state index contributed by atoms with van der Waals surface area (Å²) in [7, 11) is 3.61. The number of aromatic nitrogens is 1. The Bertz CT molecular complexity index is 871. The van der Waals surface area contributed by atoms with E-state index in [-0.39, 0.29) is 31.5 Å². The van der Waals surface area contributed by atoms with Gasteiger partial charge in [-0.05, 0) is 37.2 Å². The van der Waals surface area contributed by atoms with E-state index in [1.165, 1.54) is 0 Å². The summed E-state index contributed by atoms with van der Waals surface area (Å²) in [6, 6.07) is 7.16. The minimum absolute atomic E-state index is 0.0254. The lowest BCUT2D eigenvalue weighted by atomic mass is 9.87. The molecule has 0 unspecified atom stereocenters. The lowest BCUT2D eigenvalue weighted by Gasteiger charge is -2.35. The highest BCUT2D eigenvalue weighted by molar-refractivity contribution is 5.80. The summed E-state index contributed by atoms with van der Waals surface area (Å²) in [5, 5.41) is 10.4. The van der Waals surface area contributed by atoms with Crippen LogP contribution in [-0.4, -0.2) is 48.3 Å². The van der Waals surface area contributed by atoms with Gasteiger partial charge in [0.05, 0.1) is 12.8 Å². The Morgan fingerprint density at radius 1 is 1.43 bits per heavy atom. The second-order valence-electron chi connectivity index (χ2n) is 7.18. The van der Waals surface area contributed by atoms with E-state index < -0.39 is 6.10 Å². The molecule has 148 valence electrons. The van der Waals surface area contributed by atoms with Crippen molar-refractivity contribution >= 4 is 5.78 Å². The molecule has 2 aromatic rings. The maximum atomic E-state index is 12.8. The Kier molecular flexibility index (Phi) is 5.19. The van der Waals surface area contributed by atoms with Gasteiger partial charge in [0, 0.05) is 37.2 Å². The lowest BCUT2D eigenvalue weighted by Crippen LogP contribution is -2.34. The molecule has 28 heavy (non-hydrogen) atoms. The number of likely N-dealkylation sites (N-methyl/N-ethyl adjacent to an activating group) is 1. The first-order valence-corrected chi connectivity index (χ1v) is 9.38. The number of benzene rings is 1. The van der Waals surface area contributed by atoms with E-state index in [9.17, 15) is 9.90 Å². The number of pyridine rings is 1. The third kappa shape index (κ3) is 3.43. The molecule has 0 saturated carbocycles. The van der Waals surface area contributed by atoms with E-state index in [0.29, 0.717) is 22.9 Å². The molecule has 2 aliphatic heterocycles. The maximum Gasteiger partial charge on any atom is 0.231 e. The quantitative estimate of drug-likeness (QED) is 0.819. The molecule has 3 heterocycles. The van der Waals surface area contributed by atoms with E-state index in [4.69, 9.17) is 14.2 Å². The van der Waals surface area contributed by atoms with Crippen LogP contribution >= 0.6 is 0 Å². The Morgan fingerprint density at radius 2 is 2.29 bits per heavy atom. The van der Waals surface area contributed by atoms with E-state index in [2.05, 4.69) is 9.88 Å². The fourth-order valence-electron chi connectivity index (χ4n) is 3.98. The zero-order valence-electron chi connectivity index (χ0n) is 16.1. The summed E-state index contributed by atoms with van der Waals surface area (Å²) in [5.41, 5.74) is 2.60. The molecule has 2 atom stereocenters. The maximum absolute atomic E-state index is 12.8. The van der Waals surface area contributed by atoms with Crippen LogP contribution < -0.4 is 14.2 Å². The number of hydrogen-bond acceptors (Lipinski definition) is 7. The van der Waals surface area contributed by atoms with Crippen molar-refractivity contribution in [1.82, 2.24) is 9.88 Å². The van der Waals surface area contributed by atoms with Crippen molar-refractivity contribution in [3.8, 4) is 17.2 Å². The molecule has 1 aromatic carbocycles. The summed E-state index contributed by atoms with van der Waals surface area (Å²) in [6.07, 6.45) is 1.87. The van der Waals surface area contributed by atoms with Gasteiger partial charge in [-0.1, -0.05) is 6.07 Å². The molecule has 7 nitrogen and oxygen atoms in total. The van der Waals surface area contributed by atoms with Gasteiger partial charge < -0.3 is 19.3 Å². The Labute approximate surface area is 163 Å².